The molecule has 0 aliphatic carbocycles. The Hall–Kier alpha value is -0.770. The highest BCUT2D eigenvalue weighted by Crippen LogP contribution is 2.28. The largest absolute Gasteiger partial charge is 0.355 e. The van der Waals surface area contributed by atoms with Crippen LogP contribution in [0.2, 0.25) is 0 Å². The molecular formula is C14H16BrClF2N2O3S. The second-order valence-corrected chi connectivity index (χ2v) is 8.51. The SMILES string of the molecule is O=C(CCl)NCC1CCN(S(=O)(=O)c2cc(F)c(Br)cc2F)CC1. The summed E-state index contributed by atoms with van der Waals surface area (Å²) in [6.07, 6.45) is 1.03. The van der Waals surface area contributed by atoms with Crippen molar-refractivity contribution in [3.8, 4) is 0 Å². The van der Waals surface area contributed by atoms with Gasteiger partial charge in [0.15, 0.2) is 0 Å². The molecule has 24 heavy (non-hydrogen) atoms. The molecule has 5 nitrogen and oxygen atoms in total. The van der Waals surface area contributed by atoms with Gasteiger partial charge in [0.1, 0.15) is 22.4 Å². The zero-order valence-corrected chi connectivity index (χ0v) is 15.7. The van der Waals surface area contributed by atoms with E-state index in [4.69, 9.17) is 11.6 Å². The molecule has 10 heteroatoms. The number of carbonyl (C=O) groups excluding carboxylic acids is 1. The molecule has 1 N–H and O–H groups in total. The monoisotopic (exact) mass is 444 g/mol. The maximum Gasteiger partial charge on any atom is 0.246 e. The number of carbonyl (C=O) groups is 1. The lowest BCUT2D eigenvalue weighted by Crippen LogP contribution is -2.41. The van der Waals surface area contributed by atoms with Crippen molar-refractivity contribution in [3.05, 3.63) is 28.2 Å². The molecule has 1 amide bonds. The summed E-state index contributed by atoms with van der Waals surface area (Å²) < 4.78 is 53.5. The van der Waals surface area contributed by atoms with Crippen LogP contribution in [0.25, 0.3) is 0 Å². The first-order valence-corrected chi connectivity index (χ1v) is 9.99. The Morgan fingerprint density at radius 2 is 1.92 bits per heavy atom. The van der Waals surface area contributed by atoms with Crippen molar-refractivity contribution in [3.63, 3.8) is 0 Å². The van der Waals surface area contributed by atoms with Crippen molar-refractivity contribution in [2.24, 2.45) is 5.92 Å². The molecule has 0 spiro atoms. The second-order valence-electron chi connectivity index (χ2n) is 5.48. The maximum absolute atomic E-state index is 13.9. The van der Waals surface area contributed by atoms with Crippen molar-refractivity contribution in [1.82, 2.24) is 9.62 Å². The minimum absolute atomic E-state index is 0.120. The highest BCUT2D eigenvalue weighted by Gasteiger charge is 2.32. The van der Waals surface area contributed by atoms with Crippen LogP contribution >= 0.6 is 27.5 Å². The van der Waals surface area contributed by atoms with Gasteiger partial charge in [-0.15, -0.1) is 11.6 Å². The average Bonchev–Trinajstić information content (AvgIpc) is 2.56. The maximum atomic E-state index is 13.9. The molecule has 134 valence electrons. The van der Waals surface area contributed by atoms with E-state index >= 15 is 0 Å². The fourth-order valence-corrected chi connectivity index (χ4v) is 4.44. The predicted molar refractivity (Wildman–Crippen MR) is 89.3 cm³/mol. The van der Waals surface area contributed by atoms with Gasteiger partial charge in [-0.25, -0.2) is 17.2 Å². The number of sulfonamides is 1. The van der Waals surface area contributed by atoms with Crippen LogP contribution in [0.15, 0.2) is 21.5 Å². The smallest absolute Gasteiger partial charge is 0.246 e. The third-order valence-corrected chi connectivity index (χ3v) is 6.64. The first-order valence-electron chi connectivity index (χ1n) is 7.23. The minimum atomic E-state index is -4.10. The van der Waals surface area contributed by atoms with Gasteiger partial charge in [-0.3, -0.25) is 4.79 Å². The lowest BCUT2D eigenvalue weighted by Gasteiger charge is -2.31. The number of alkyl halides is 1. The predicted octanol–water partition coefficient (Wildman–Crippen LogP) is 2.48. The minimum Gasteiger partial charge on any atom is -0.355 e. The van der Waals surface area contributed by atoms with Crippen LogP contribution < -0.4 is 5.32 Å². The molecule has 1 aromatic carbocycles. The van der Waals surface area contributed by atoms with Gasteiger partial charge in [-0.05, 0) is 46.8 Å². The number of nitrogens with one attached hydrogen (secondary N) is 1. The van der Waals surface area contributed by atoms with Crippen molar-refractivity contribution < 1.29 is 22.0 Å². The lowest BCUT2D eigenvalue weighted by molar-refractivity contribution is -0.118. The lowest BCUT2D eigenvalue weighted by atomic mass is 9.98. The van der Waals surface area contributed by atoms with Gasteiger partial charge in [0.25, 0.3) is 0 Å². The third-order valence-electron chi connectivity index (χ3n) is 3.88. The number of nitrogens with zero attached hydrogens (tertiary/aromatic N) is 1. The molecule has 1 aromatic rings. The van der Waals surface area contributed by atoms with Gasteiger partial charge in [0.2, 0.25) is 15.9 Å². The molecule has 2 rings (SSSR count). The van der Waals surface area contributed by atoms with Crippen LogP contribution in [0.4, 0.5) is 8.78 Å². The van der Waals surface area contributed by atoms with Gasteiger partial charge >= 0.3 is 0 Å². The summed E-state index contributed by atoms with van der Waals surface area (Å²) in [5.41, 5.74) is 0. The van der Waals surface area contributed by atoms with Crippen LogP contribution in [-0.4, -0.2) is 44.1 Å². The van der Waals surface area contributed by atoms with E-state index in [1.54, 1.807) is 0 Å². The van der Waals surface area contributed by atoms with E-state index < -0.39 is 26.6 Å². The number of halogens is 4. The zero-order chi connectivity index (χ0) is 17.9. The quantitative estimate of drug-likeness (QED) is 0.559. The molecular weight excluding hydrogens is 430 g/mol. The van der Waals surface area contributed by atoms with Crippen LogP contribution in [0.3, 0.4) is 0 Å². The summed E-state index contributed by atoms with van der Waals surface area (Å²) in [7, 11) is -4.10. The topological polar surface area (TPSA) is 66.5 Å². The number of piperidine rings is 1. The Morgan fingerprint density at radius 1 is 1.29 bits per heavy atom. The van der Waals surface area contributed by atoms with Gasteiger partial charge in [-0.1, -0.05) is 0 Å². The first-order chi connectivity index (χ1) is 11.3. The Kier molecular flexibility index (Phi) is 6.58. The summed E-state index contributed by atoms with van der Waals surface area (Å²) in [6.45, 7) is 0.780. The zero-order valence-electron chi connectivity index (χ0n) is 12.6. The van der Waals surface area contributed by atoms with Gasteiger partial charge < -0.3 is 5.32 Å². The molecule has 0 aromatic heterocycles. The van der Waals surface area contributed by atoms with E-state index in [1.807, 2.05) is 0 Å². The average molecular weight is 446 g/mol. The van der Waals surface area contributed by atoms with Gasteiger partial charge in [0.05, 0.1) is 4.47 Å². The number of amides is 1. The first kappa shape index (κ1) is 19.6. The summed E-state index contributed by atoms with van der Waals surface area (Å²) in [4.78, 5) is 10.5. The van der Waals surface area contributed by atoms with E-state index in [0.29, 0.717) is 25.5 Å². The van der Waals surface area contributed by atoms with E-state index in [2.05, 4.69) is 21.2 Å². The number of benzene rings is 1. The molecule has 0 atom stereocenters. The molecule has 0 saturated carbocycles. The van der Waals surface area contributed by atoms with Crippen molar-refractivity contribution in [2.45, 2.75) is 17.7 Å². The third kappa shape index (κ3) is 4.44. The van der Waals surface area contributed by atoms with E-state index in [9.17, 15) is 22.0 Å². The molecule has 1 aliphatic heterocycles. The summed E-state index contributed by atoms with van der Waals surface area (Å²) >= 11 is 8.21. The van der Waals surface area contributed by atoms with Gasteiger partial charge in [-0.2, -0.15) is 4.31 Å². The molecule has 0 unspecified atom stereocenters. The highest BCUT2D eigenvalue weighted by atomic mass is 79.9. The van der Waals surface area contributed by atoms with Crippen LogP contribution in [0, 0.1) is 17.6 Å². The highest BCUT2D eigenvalue weighted by molar-refractivity contribution is 9.10. The van der Waals surface area contributed by atoms with Crippen LogP contribution in [0.5, 0.6) is 0 Å². The van der Waals surface area contributed by atoms with Crippen LogP contribution in [-0.2, 0) is 14.8 Å². The summed E-state index contributed by atoms with van der Waals surface area (Å²) in [5.74, 6) is -2.12. The fraction of sp³-hybridized carbons (Fsp3) is 0.500. The molecule has 1 saturated heterocycles. The fourth-order valence-electron chi connectivity index (χ4n) is 2.50. The van der Waals surface area contributed by atoms with E-state index in [1.165, 1.54) is 0 Å². The standard InChI is InChI=1S/C14H16BrClF2N2O3S/c15-10-5-12(18)13(6-11(10)17)24(22,23)20-3-1-9(2-4-20)8-19-14(21)7-16/h5-6,9H,1-4,7-8H2,(H,19,21). The molecule has 1 fully saturated rings. The van der Waals surface area contributed by atoms with E-state index in [-0.39, 0.29) is 35.3 Å². The summed E-state index contributed by atoms with van der Waals surface area (Å²) in [5, 5.41) is 2.66. The Morgan fingerprint density at radius 3 is 2.50 bits per heavy atom. The number of rotatable bonds is 5. The normalized spacial score (nSPS) is 17.0. The molecule has 1 aliphatic rings. The van der Waals surface area contributed by atoms with Gasteiger partial charge in [0, 0.05) is 19.6 Å². The molecule has 0 bridgehead atoms. The summed E-state index contributed by atoms with van der Waals surface area (Å²) in [6, 6.07) is 1.48. The second kappa shape index (κ2) is 8.07. The van der Waals surface area contributed by atoms with Crippen molar-refractivity contribution in [1.29, 1.82) is 0 Å². The van der Waals surface area contributed by atoms with E-state index in [0.717, 1.165) is 10.4 Å². The Bertz CT molecular complexity index is 725. The number of hydrogen-bond acceptors (Lipinski definition) is 3. The Labute approximate surface area is 152 Å². The van der Waals surface area contributed by atoms with Crippen molar-refractivity contribution >= 4 is 43.5 Å². The molecule has 1 heterocycles. The van der Waals surface area contributed by atoms with Crippen molar-refractivity contribution in [2.75, 3.05) is 25.5 Å². The molecule has 0 radical (unpaired) electrons. The number of hydrogen-bond donors (Lipinski definition) is 1. The Balaban J connectivity index is 2.05. The van der Waals surface area contributed by atoms with Crippen LogP contribution in [0.1, 0.15) is 12.8 Å².